The van der Waals surface area contributed by atoms with E-state index in [-0.39, 0.29) is 12.1 Å². The van der Waals surface area contributed by atoms with Crippen molar-refractivity contribution in [3.63, 3.8) is 0 Å². The second kappa shape index (κ2) is 8.62. The fraction of sp³-hybridized carbons (Fsp3) is 0.588. The van der Waals surface area contributed by atoms with E-state index in [1.54, 1.807) is 14.2 Å². The Morgan fingerprint density at radius 2 is 2.17 bits per heavy atom. The van der Waals surface area contributed by atoms with Crippen LogP contribution in [0.2, 0.25) is 0 Å². The van der Waals surface area contributed by atoms with Gasteiger partial charge in [0.25, 0.3) is 0 Å². The van der Waals surface area contributed by atoms with E-state index < -0.39 is 0 Å². The van der Waals surface area contributed by atoms with Crippen LogP contribution in [-0.2, 0) is 4.74 Å². The molecular weight excluding hydrogens is 296 g/mol. The van der Waals surface area contributed by atoms with Crippen molar-refractivity contribution in [1.82, 2.24) is 10.2 Å². The summed E-state index contributed by atoms with van der Waals surface area (Å²) in [5.74, 6) is 1.50. The number of nitrogens with one attached hydrogen (secondary N) is 1. The van der Waals surface area contributed by atoms with E-state index >= 15 is 0 Å². The molecule has 1 saturated heterocycles. The van der Waals surface area contributed by atoms with E-state index in [2.05, 4.69) is 5.32 Å². The number of urea groups is 1. The number of carbonyl (C=O) groups is 1. The monoisotopic (exact) mass is 322 g/mol. The summed E-state index contributed by atoms with van der Waals surface area (Å²) < 4.78 is 16.0. The van der Waals surface area contributed by atoms with E-state index in [0.717, 1.165) is 36.4 Å². The molecule has 0 radical (unpaired) electrons. The van der Waals surface area contributed by atoms with Crippen LogP contribution in [0.4, 0.5) is 4.79 Å². The molecule has 0 spiro atoms. The molecule has 23 heavy (non-hydrogen) atoms. The standard InChI is InChI=1S/C17H26N2O4/c1-4-23-11-9-18-17(20)19-10-5-6-15(19)14-8-7-13(21-2)12-16(14)22-3/h7-8,12,15H,4-6,9-11H2,1-3H3,(H,18,20). The number of nitrogens with zero attached hydrogens (tertiary/aromatic N) is 1. The Morgan fingerprint density at radius 3 is 2.87 bits per heavy atom. The number of hydrogen-bond donors (Lipinski definition) is 1. The molecule has 0 aliphatic carbocycles. The molecule has 2 amide bonds. The summed E-state index contributed by atoms with van der Waals surface area (Å²) in [6.45, 7) is 4.40. The minimum absolute atomic E-state index is 0.0305. The van der Waals surface area contributed by atoms with Gasteiger partial charge in [-0.3, -0.25) is 0 Å². The first kappa shape index (κ1) is 17.4. The number of ether oxygens (including phenoxy) is 3. The lowest BCUT2D eigenvalue weighted by Gasteiger charge is -2.26. The number of amides is 2. The summed E-state index contributed by atoms with van der Waals surface area (Å²) in [5, 5.41) is 2.92. The van der Waals surface area contributed by atoms with Crippen LogP contribution in [0.25, 0.3) is 0 Å². The Balaban J connectivity index is 2.07. The minimum Gasteiger partial charge on any atom is -0.497 e. The molecule has 0 aromatic heterocycles. The molecule has 1 heterocycles. The predicted molar refractivity (Wildman–Crippen MR) is 88.1 cm³/mol. The maximum absolute atomic E-state index is 12.4. The van der Waals surface area contributed by atoms with Crippen LogP contribution in [-0.4, -0.2) is 51.5 Å². The Morgan fingerprint density at radius 1 is 1.35 bits per heavy atom. The average molecular weight is 322 g/mol. The lowest BCUT2D eigenvalue weighted by Crippen LogP contribution is -2.40. The van der Waals surface area contributed by atoms with Crippen LogP contribution in [0, 0.1) is 0 Å². The summed E-state index contributed by atoms with van der Waals surface area (Å²) >= 11 is 0. The summed E-state index contributed by atoms with van der Waals surface area (Å²) in [4.78, 5) is 14.3. The van der Waals surface area contributed by atoms with Gasteiger partial charge in [0.15, 0.2) is 0 Å². The number of hydrogen-bond acceptors (Lipinski definition) is 4. The molecule has 1 aliphatic rings. The van der Waals surface area contributed by atoms with Gasteiger partial charge in [-0.25, -0.2) is 4.79 Å². The lowest BCUT2D eigenvalue weighted by molar-refractivity contribution is 0.144. The molecule has 1 aromatic rings. The van der Waals surface area contributed by atoms with Gasteiger partial charge in [0.1, 0.15) is 11.5 Å². The summed E-state index contributed by atoms with van der Waals surface area (Å²) in [6, 6.07) is 5.72. The van der Waals surface area contributed by atoms with Crippen LogP contribution in [0.5, 0.6) is 11.5 Å². The number of carbonyl (C=O) groups excluding carboxylic acids is 1. The number of rotatable bonds is 7. The average Bonchev–Trinajstić information content (AvgIpc) is 3.07. The lowest BCUT2D eigenvalue weighted by atomic mass is 10.0. The largest absolute Gasteiger partial charge is 0.497 e. The summed E-state index contributed by atoms with van der Waals surface area (Å²) in [5.41, 5.74) is 1.02. The summed E-state index contributed by atoms with van der Waals surface area (Å²) in [6.07, 6.45) is 1.92. The predicted octanol–water partition coefficient (Wildman–Crippen LogP) is 2.59. The first-order chi connectivity index (χ1) is 11.2. The van der Waals surface area contributed by atoms with Crippen molar-refractivity contribution >= 4 is 6.03 Å². The van der Waals surface area contributed by atoms with Gasteiger partial charge in [0, 0.05) is 31.3 Å². The fourth-order valence-corrected chi connectivity index (χ4v) is 2.90. The third kappa shape index (κ3) is 4.28. The highest BCUT2D eigenvalue weighted by Crippen LogP contribution is 2.38. The minimum atomic E-state index is -0.0509. The Kier molecular flexibility index (Phi) is 6.52. The van der Waals surface area contributed by atoms with Crippen LogP contribution in [0.15, 0.2) is 18.2 Å². The van der Waals surface area contributed by atoms with Gasteiger partial charge in [-0.1, -0.05) is 0 Å². The highest BCUT2D eigenvalue weighted by atomic mass is 16.5. The van der Waals surface area contributed by atoms with Crippen molar-refractivity contribution in [2.75, 3.05) is 40.5 Å². The Bertz CT molecular complexity index is 521. The van der Waals surface area contributed by atoms with Gasteiger partial charge in [-0.2, -0.15) is 0 Å². The van der Waals surface area contributed by atoms with E-state index in [1.165, 1.54) is 0 Å². The van der Waals surface area contributed by atoms with Crippen LogP contribution in [0.1, 0.15) is 31.4 Å². The van der Waals surface area contributed by atoms with Crippen LogP contribution >= 0.6 is 0 Å². The van der Waals surface area contributed by atoms with E-state index in [4.69, 9.17) is 14.2 Å². The van der Waals surface area contributed by atoms with Crippen molar-refractivity contribution in [2.24, 2.45) is 0 Å². The number of methoxy groups -OCH3 is 2. The first-order valence-corrected chi connectivity index (χ1v) is 8.05. The number of likely N-dealkylation sites (tertiary alicyclic amines) is 1. The van der Waals surface area contributed by atoms with Crippen molar-refractivity contribution in [1.29, 1.82) is 0 Å². The highest BCUT2D eigenvalue weighted by molar-refractivity contribution is 5.75. The topological polar surface area (TPSA) is 60.0 Å². The molecule has 6 nitrogen and oxygen atoms in total. The molecule has 1 aromatic carbocycles. The molecular formula is C17H26N2O4. The fourth-order valence-electron chi connectivity index (χ4n) is 2.90. The Hall–Kier alpha value is -1.95. The van der Waals surface area contributed by atoms with Crippen LogP contribution < -0.4 is 14.8 Å². The zero-order valence-electron chi connectivity index (χ0n) is 14.1. The summed E-state index contributed by atoms with van der Waals surface area (Å²) in [7, 11) is 3.27. The van der Waals surface area contributed by atoms with E-state index in [0.29, 0.717) is 19.8 Å². The van der Waals surface area contributed by atoms with Gasteiger partial charge >= 0.3 is 6.03 Å². The second-order valence-electron chi connectivity index (χ2n) is 5.39. The third-order valence-corrected chi connectivity index (χ3v) is 4.04. The maximum Gasteiger partial charge on any atom is 0.317 e. The molecule has 1 aliphatic heterocycles. The number of benzene rings is 1. The van der Waals surface area contributed by atoms with Crippen molar-refractivity contribution in [3.05, 3.63) is 23.8 Å². The Labute approximate surface area is 137 Å². The first-order valence-electron chi connectivity index (χ1n) is 8.05. The quantitative estimate of drug-likeness (QED) is 0.784. The van der Waals surface area contributed by atoms with Crippen molar-refractivity contribution in [3.8, 4) is 11.5 Å². The zero-order valence-corrected chi connectivity index (χ0v) is 14.1. The van der Waals surface area contributed by atoms with Crippen molar-refractivity contribution < 1.29 is 19.0 Å². The maximum atomic E-state index is 12.4. The van der Waals surface area contributed by atoms with Crippen molar-refractivity contribution in [2.45, 2.75) is 25.8 Å². The van der Waals surface area contributed by atoms with Gasteiger partial charge < -0.3 is 24.4 Å². The zero-order chi connectivity index (χ0) is 16.7. The molecule has 1 N–H and O–H groups in total. The molecule has 2 rings (SSSR count). The van der Waals surface area contributed by atoms with E-state index in [1.807, 2.05) is 30.0 Å². The third-order valence-electron chi connectivity index (χ3n) is 4.04. The SMILES string of the molecule is CCOCCNC(=O)N1CCCC1c1ccc(OC)cc1OC. The van der Waals surface area contributed by atoms with Crippen LogP contribution in [0.3, 0.4) is 0 Å². The van der Waals surface area contributed by atoms with Gasteiger partial charge in [0.05, 0.1) is 26.9 Å². The van der Waals surface area contributed by atoms with Gasteiger partial charge in [0.2, 0.25) is 0 Å². The molecule has 128 valence electrons. The highest BCUT2D eigenvalue weighted by Gasteiger charge is 2.31. The molecule has 0 bridgehead atoms. The second-order valence-corrected chi connectivity index (χ2v) is 5.39. The normalized spacial score (nSPS) is 17.2. The molecule has 0 saturated carbocycles. The smallest absolute Gasteiger partial charge is 0.317 e. The van der Waals surface area contributed by atoms with E-state index in [9.17, 15) is 4.79 Å². The molecule has 1 unspecified atom stereocenters. The molecule has 1 fully saturated rings. The van der Waals surface area contributed by atoms with Gasteiger partial charge in [-0.05, 0) is 31.9 Å². The van der Waals surface area contributed by atoms with Gasteiger partial charge in [-0.15, -0.1) is 0 Å². The molecule has 6 heteroatoms. The molecule has 1 atom stereocenters.